The molecular weight excluding hydrogens is 318 g/mol. The van der Waals surface area contributed by atoms with Crippen LogP contribution in [0.25, 0.3) is 0 Å². The molecule has 0 spiro atoms. The van der Waals surface area contributed by atoms with Crippen LogP contribution in [0.3, 0.4) is 0 Å². The Balaban J connectivity index is 1.68. The van der Waals surface area contributed by atoms with Crippen molar-refractivity contribution in [2.45, 2.75) is 51.5 Å². The molecule has 1 aliphatic heterocycles. The predicted octanol–water partition coefficient (Wildman–Crippen LogP) is 4.49. The summed E-state index contributed by atoms with van der Waals surface area (Å²) in [5, 5.41) is 0. The van der Waals surface area contributed by atoms with Crippen LogP contribution in [0.4, 0.5) is 0 Å². The van der Waals surface area contributed by atoms with Crippen LogP contribution in [-0.2, 0) is 0 Å². The van der Waals surface area contributed by atoms with Gasteiger partial charge in [0.1, 0.15) is 0 Å². The molecule has 2 aliphatic carbocycles. The van der Waals surface area contributed by atoms with E-state index in [1.807, 2.05) is 0 Å². The van der Waals surface area contributed by atoms with Crippen LogP contribution >= 0.6 is 0 Å². The van der Waals surface area contributed by atoms with Gasteiger partial charge in [-0.1, -0.05) is 37.3 Å². The van der Waals surface area contributed by atoms with Gasteiger partial charge in [0.25, 0.3) is 0 Å². The van der Waals surface area contributed by atoms with Crippen molar-refractivity contribution in [1.29, 1.82) is 0 Å². The third kappa shape index (κ3) is 4.37. The maximum Gasteiger partial charge on any atom is 0.0773 e. The standard InChI is InChI=1S/C23H35N3/c1-17(8-7-15-24)18-11-13-19(14-12-18)21-16-22(26(2)3)23(25-21)20-9-5-4-6-10-20/h4-5,11-13,16-17,19-21H,6-10,14-15,24H2,1-3H3. The molecule has 0 aromatic rings. The van der Waals surface area contributed by atoms with E-state index in [4.69, 9.17) is 10.7 Å². The second kappa shape index (κ2) is 8.85. The molecule has 142 valence electrons. The zero-order valence-electron chi connectivity index (χ0n) is 16.7. The first kappa shape index (κ1) is 19.2. The summed E-state index contributed by atoms with van der Waals surface area (Å²) in [6.07, 6.45) is 21.2. The third-order valence-corrected chi connectivity index (χ3v) is 6.03. The van der Waals surface area contributed by atoms with Crippen molar-refractivity contribution in [3.63, 3.8) is 0 Å². The van der Waals surface area contributed by atoms with Gasteiger partial charge in [0.2, 0.25) is 0 Å². The van der Waals surface area contributed by atoms with E-state index in [9.17, 15) is 0 Å². The Labute approximate surface area is 159 Å². The zero-order chi connectivity index (χ0) is 18.5. The Hall–Kier alpha value is -1.61. The van der Waals surface area contributed by atoms with Gasteiger partial charge in [0.15, 0.2) is 0 Å². The lowest BCUT2D eigenvalue weighted by Crippen LogP contribution is -2.24. The molecule has 0 aromatic heterocycles. The lowest BCUT2D eigenvalue weighted by molar-refractivity contribution is 0.520. The SMILES string of the molecule is CC(CCCN)C1=CCC(C2C=C(N(C)C)C(C3CC=CCC3)=N2)C=C1. The molecule has 4 unspecified atom stereocenters. The van der Waals surface area contributed by atoms with E-state index in [0.717, 1.165) is 25.8 Å². The minimum absolute atomic E-state index is 0.293. The fourth-order valence-corrected chi connectivity index (χ4v) is 4.33. The quantitative estimate of drug-likeness (QED) is 0.685. The van der Waals surface area contributed by atoms with Crippen molar-refractivity contribution in [2.24, 2.45) is 28.5 Å². The maximum absolute atomic E-state index is 5.66. The number of hydrogen-bond donors (Lipinski definition) is 1. The molecule has 0 saturated carbocycles. The highest BCUT2D eigenvalue weighted by Crippen LogP contribution is 2.34. The third-order valence-electron chi connectivity index (χ3n) is 6.03. The van der Waals surface area contributed by atoms with Crippen LogP contribution in [0.15, 0.2) is 52.7 Å². The smallest absolute Gasteiger partial charge is 0.0773 e. The normalized spacial score (nSPS) is 29.2. The fraction of sp³-hybridized carbons (Fsp3) is 0.609. The van der Waals surface area contributed by atoms with Crippen LogP contribution in [0.5, 0.6) is 0 Å². The van der Waals surface area contributed by atoms with Gasteiger partial charge in [-0.2, -0.15) is 0 Å². The average molecular weight is 354 g/mol. The van der Waals surface area contributed by atoms with Gasteiger partial charge in [-0.15, -0.1) is 0 Å². The second-order valence-corrected chi connectivity index (χ2v) is 8.23. The molecule has 3 nitrogen and oxygen atoms in total. The van der Waals surface area contributed by atoms with Crippen molar-refractivity contribution < 1.29 is 0 Å². The van der Waals surface area contributed by atoms with E-state index < -0.39 is 0 Å². The van der Waals surface area contributed by atoms with Gasteiger partial charge >= 0.3 is 0 Å². The van der Waals surface area contributed by atoms with Gasteiger partial charge in [-0.05, 0) is 62.6 Å². The summed E-state index contributed by atoms with van der Waals surface area (Å²) in [5.41, 5.74) is 9.81. The van der Waals surface area contributed by atoms with E-state index in [1.54, 1.807) is 0 Å². The monoisotopic (exact) mass is 353 g/mol. The maximum atomic E-state index is 5.66. The Morgan fingerprint density at radius 3 is 2.73 bits per heavy atom. The molecular formula is C23H35N3. The Morgan fingerprint density at radius 1 is 1.27 bits per heavy atom. The van der Waals surface area contributed by atoms with Crippen LogP contribution in [0, 0.1) is 17.8 Å². The van der Waals surface area contributed by atoms with E-state index >= 15 is 0 Å². The van der Waals surface area contributed by atoms with Crippen LogP contribution in [-0.4, -0.2) is 37.3 Å². The predicted molar refractivity (Wildman–Crippen MR) is 112 cm³/mol. The van der Waals surface area contributed by atoms with Crippen LogP contribution < -0.4 is 5.73 Å². The number of hydrogen-bond acceptors (Lipinski definition) is 3. The van der Waals surface area contributed by atoms with Gasteiger partial charge in [0.05, 0.1) is 17.5 Å². The molecule has 0 saturated heterocycles. The Morgan fingerprint density at radius 2 is 2.12 bits per heavy atom. The molecule has 2 N–H and O–H groups in total. The molecule has 26 heavy (non-hydrogen) atoms. The van der Waals surface area contributed by atoms with Crippen molar-refractivity contribution in [1.82, 2.24) is 4.90 Å². The molecule has 4 atom stereocenters. The summed E-state index contributed by atoms with van der Waals surface area (Å²) >= 11 is 0. The van der Waals surface area contributed by atoms with Crippen molar-refractivity contribution in [3.05, 3.63) is 47.7 Å². The van der Waals surface area contributed by atoms with Gasteiger partial charge in [-0.25, -0.2) is 0 Å². The van der Waals surface area contributed by atoms with Crippen molar-refractivity contribution in [3.8, 4) is 0 Å². The largest absolute Gasteiger partial charge is 0.376 e. The number of rotatable bonds is 7. The number of aliphatic imine (C=N–C) groups is 1. The van der Waals surface area contributed by atoms with E-state index in [-0.39, 0.29) is 0 Å². The van der Waals surface area contributed by atoms with Crippen LogP contribution in [0.1, 0.15) is 45.4 Å². The van der Waals surface area contributed by atoms with Gasteiger partial charge in [0, 0.05) is 25.9 Å². The fourth-order valence-electron chi connectivity index (χ4n) is 4.33. The molecule has 0 radical (unpaired) electrons. The Bertz CT molecular complexity index is 636. The topological polar surface area (TPSA) is 41.6 Å². The molecule has 1 heterocycles. The van der Waals surface area contributed by atoms with E-state index in [2.05, 4.69) is 62.4 Å². The molecule has 0 fully saturated rings. The summed E-state index contributed by atoms with van der Waals surface area (Å²) in [6.45, 7) is 3.11. The first-order valence-corrected chi connectivity index (χ1v) is 10.3. The summed E-state index contributed by atoms with van der Waals surface area (Å²) in [5.74, 6) is 1.70. The lowest BCUT2D eigenvalue weighted by Gasteiger charge is -2.24. The summed E-state index contributed by atoms with van der Waals surface area (Å²) in [4.78, 5) is 7.46. The Kier molecular flexibility index (Phi) is 6.53. The van der Waals surface area contributed by atoms with Crippen molar-refractivity contribution in [2.75, 3.05) is 20.6 Å². The average Bonchev–Trinajstić information content (AvgIpc) is 3.13. The van der Waals surface area contributed by atoms with E-state index in [0.29, 0.717) is 23.8 Å². The molecule has 0 aromatic carbocycles. The molecule has 3 aliphatic rings. The van der Waals surface area contributed by atoms with Crippen LogP contribution in [0.2, 0.25) is 0 Å². The van der Waals surface area contributed by atoms with Crippen molar-refractivity contribution >= 4 is 5.71 Å². The molecule has 3 heteroatoms. The number of nitrogens with zero attached hydrogens (tertiary/aromatic N) is 2. The summed E-state index contributed by atoms with van der Waals surface area (Å²) in [7, 11) is 4.30. The molecule has 0 bridgehead atoms. The first-order chi connectivity index (χ1) is 12.6. The van der Waals surface area contributed by atoms with Gasteiger partial charge in [-0.3, -0.25) is 4.99 Å². The highest BCUT2D eigenvalue weighted by atomic mass is 15.1. The summed E-state index contributed by atoms with van der Waals surface area (Å²) in [6, 6.07) is 0.293. The summed E-state index contributed by atoms with van der Waals surface area (Å²) < 4.78 is 0. The number of nitrogens with two attached hydrogens (primary N) is 1. The highest BCUT2D eigenvalue weighted by molar-refractivity contribution is 6.03. The first-order valence-electron chi connectivity index (χ1n) is 10.3. The van der Waals surface area contributed by atoms with E-state index in [1.165, 1.54) is 36.2 Å². The second-order valence-electron chi connectivity index (χ2n) is 8.23. The molecule has 0 amide bonds. The highest BCUT2D eigenvalue weighted by Gasteiger charge is 2.31. The number of allylic oxidation sites excluding steroid dienone is 6. The molecule has 3 rings (SSSR count). The zero-order valence-corrected chi connectivity index (χ0v) is 16.7. The minimum Gasteiger partial charge on any atom is -0.376 e. The van der Waals surface area contributed by atoms with Gasteiger partial charge < -0.3 is 10.6 Å². The minimum atomic E-state index is 0.293. The lowest BCUT2D eigenvalue weighted by atomic mass is 9.85.